The molecule has 0 aliphatic heterocycles. The average molecular weight is 505 g/mol. The minimum absolute atomic E-state index is 0.110. The molecule has 192 valence electrons. The summed E-state index contributed by atoms with van der Waals surface area (Å²) in [5.41, 5.74) is -4.78. The van der Waals surface area contributed by atoms with Gasteiger partial charge in [0.1, 0.15) is 0 Å². The van der Waals surface area contributed by atoms with E-state index in [0.717, 1.165) is 6.07 Å². The van der Waals surface area contributed by atoms with E-state index in [1.54, 1.807) is 31.2 Å². The number of methoxy groups -OCH3 is 1. The van der Waals surface area contributed by atoms with Gasteiger partial charge in [0, 0.05) is 24.1 Å². The van der Waals surface area contributed by atoms with Crippen molar-refractivity contribution in [1.29, 1.82) is 0 Å². The van der Waals surface area contributed by atoms with E-state index in [-0.39, 0.29) is 36.7 Å². The molecule has 0 aliphatic rings. The van der Waals surface area contributed by atoms with E-state index in [4.69, 9.17) is 0 Å². The van der Waals surface area contributed by atoms with Crippen LogP contribution in [-0.4, -0.2) is 36.4 Å². The van der Waals surface area contributed by atoms with Gasteiger partial charge in [-0.15, -0.1) is 0 Å². The maximum atomic E-state index is 13.2. The van der Waals surface area contributed by atoms with Crippen molar-refractivity contribution in [3.05, 3.63) is 53.6 Å². The largest absolute Gasteiger partial charge is 0.469 e. The Balaban J connectivity index is 2.19. The zero-order valence-corrected chi connectivity index (χ0v) is 19.0. The molecule has 2 aromatic carbocycles. The molecule has 35 heavy (non-hydrogen) atoms. The number of alkyl halides is 6. The highest BCUT2D eigenvalue weighted by Gasteiger charge is 2.71. The summed E-state index contributed by atoms with van der Waals surface area (Å²) in [5.74, 6) is -0.637. The van der Waals surface area contributed by atoms with Gasteiger partial charge in [0.05, 0.1) is 7.11 Å². The lowest BCUT2D eigenvalue weighted by Gasteiger charge is -2.33. The van der Waals surface area contributed by atoms with Gasteiger partial charge in [0.2, 0.25) is 5.91 Å². The van der Waals surface area contributed by atoms with Crippen LogP contribution in [-0.2, 0) is 26.3 Å². The minimum Gasteiger partial charge on any atom is -0.469 e. The Labute approximate surface area is 198 Å². The van der Waals surface area contributed by atoms with Crippen molar-refractivity contribution < 1.29 is 45.8 Å². The molecule has 0 radical (unpaired) electrons. The Morgan fingerprint density at radius 2 is 1.49 bits per heavy atom. The van der Waals surface area contributed by atoms with Crippen molar-refractivity contribution in [3.63, 3.8) is 0 Å². The Morgan fingerprint density at radius 1 is 0.914 bits per heavy atom. The lowest BCUT2D eigenvalue weighted by molar-refractivity contribution is -0.376. The van der Waals surface area contributed by atoms with E-state index in [9.17, 15) is 41.0 Å². The maximum Gasteiger partial charge on any atom is 0.430 e. The van der Waals surface area contributed by atoms with Crippen LogP contribution in [0.25, 0.3) is 11.1 Å². The van der Waals surface area contributed by atoms with Crippen molar-refractivity contribution >= 4 is 17.6 Å². The first-order valence-corrected chi connectivity index (χ1v) is 10.7. The molecule has 2 rings (SSSR count). The summed E-state index contributed by atoms with van der Waals surface area (Å²) in [6.07, 6.45) is -10.4. The highest BCUT2D eigenvalue weighted by atomic mass is 19.4. The number of ether oxygens (including phenoxy) is 1. The van der Waals surface area contributed by atoms with Crippen LogP contribution in [0.15, 0.2) is 42.5 Å². The predicted octanol–water partition coefficient (Wildman–Crippen LogP) is 5.90. The van der Waals surface area contributed by atoms with Crippen LogP contribution in [0, 0.1) is 0 Å². The molecule has 2 N–H and O–H groups in total. The number of hydrogen-bond acceptors (Lipinski definition) is 4. The summed E-state index contributed by atoms with van der Waals surface area (Å²) in [4.78, 5) is 23.1. The number of hydrogen-bond donors (Lipinski definition) is 2. The van der Waals surface area contributed by atoms with E-state index < -0.39 is 23.5 Å². The number of esters is 1. The van der Waals surface area contributed by atoms with Gasteiger partial charge < -0.3 is 15.2 Å². The Bertz CT molecular complexity index is 1020. The smallest absolute Gasteiger partial charge is 0.430 e. The lowest BCUT2D eigenvalue weighted by Crippen LogP contribution is -2.53. The molecule has 0 saturated heterocycles. The number of carbonyl (C=O) groups excluding carboxylic acids is 2. The molecule has 0 saturated carbocycles. The second-order valence-electron chi connectivity index (χ2n) is 7.84. The predicted molar refractivity (Wildman–Crippen MR) is 116 cm³/mol. The molecule has 0 aliphatic carbocycles. The van der Waals surface area contributed by atoms with Gasteiger partial charge in [-0.05, 0) is 48.1 Å². The number of aliphatic hydroxyl groups is 1. The first-order chi connectivity index (χ1) is 16.2. The summed E-state index contributed by atoms with van der Waals surface area (Å²) in [7, 11) is 1.28. The Morgan fingerprint density at radius 3 is 2.00 bits per heavy atom. The number of halogens is 6. The van der Waals surface area contributed by atoms with Crippen molar-refractivity contribution in [1.82, 2.24) is 0 Å². The molecule has 0 heterocycles. The van der Waals surface area contributed by atoms with Gasteiger partial charge in [0.25, 0.3) is 5.60 Å². The standard InChI is InChI=1S/C24H25F6NO4/c1-3-15-14-17(22(34,23(25,26)27)24(28,29)30)10-13-19(15)16-8-11-18(12-9-16)31-20(32)6-4-5-7-21(33)35-2/h8-14,34H,3-7H2,1-2H3,(H,31,32). The summed E-state index contributed by atoms with van der Waals surface area (Å²) in [6, 6.07) is 8.67. The summed E-state index contributed by atoms with van der Waals surface area (Å²) in [6.45, 7) is 1.57. The fourth-order valence-corrected chi connectivity index (χ4v) is 3.49. The monoisotopic (exact) mass is 505 g/mol. The molecular formula is C24H25F6NO4. The summed E-state index contributed by atoms with van der Waals surface area (Å²) >= 11 is 0. The van der Waals surface area contributed by atoms with Gasteiger partial charge in [-0.1, -0.05) is 37.3 Å². The number of aryl methyl sites for hydroxylation is 1. The number of unbranched alkanes of at least 4 members (excludes halogenated alkanes) is 1. The van der Waals surface area contributed by atoms with Crippen LogP contribution in [0.3, 0.4) is 0 Å². The number of carbonyl (C=O) groups is 2. The van der Waals surface area contributed by atoms with E-state index >= 15 is 0 Å². The zero-order valence-electron chi connectivity index (χ0n) is 19.0. The first kappa shape index (κ1) is 28.2. The zero-order chi connectivity index (χ0) is 26.4. The fraction of sp³-hybridized carbons (Fsp3) is 0.417. The van der Waals surface area contributed by atoms with Crippen LogP contribution in [0.2, 0.25) is 0 Å². The number of nitrogens with one attached hydrogen (secondary N) is 1. The third-order valence-electron chi connectivity index (χ3n) is 5.47. The van der Waals surface area contributed by atoms with E-state index in [1.165, 1.54) is 7.11 Å². The average Bonchev–Trinajstić information content (AvgIpc) is 2.79. The Kier molecular flexibility index (Phi) is 8.94. The number of anilines is 1. The van der Waals surface area contributed by atoms with Gasteiger partial charge in [-0.3, -0.25) is 9.59 Å². The van der Waals surface area contributed by atoms with E-state index in [0.29, 0.717) is 41.8 Å². The number of benzene rings is 2. The molecule has 0 unspecified atom stereocenters. The first-order valence-electron chi connectivity index (χ1n) is 10.7. The van der Waals surface area contributed by atoms with Crippen LogP contribution in [0.1, 0.15) is 43.7 Å². The van der Waals surface area contributed by atoms with Gasteiger partial charge in [-0.25, -0.2) is 0 Å². The highest BCUT2D eigenvalue weighted by Crippen LogP contribution is 2.50. The molecule has 0 aromatic heterocycles. The van der Waals surface area contributed by atoms with Crippen LogP contribution in [0.4, 0.5) is 32.0 Å². The Hall–Kier alpha value is -3.08. The third kappa shape index (κ3) is 6.53. The van der Waals surface area contributed by atoms with Crippen LogP contribution < -0.4 is 5.32 Å². The number of amides is 1. The maximum absolute atomic E-state index is 13.2. The minimum atomic E-state index is -5.96. The molecule has 5 nitrogen and oxygen atoms in total. The normalized spacial score (nSPS) is 12.4. The third-order valence-corrected chi connectivity index (χ3v) is 5.47. The fourth-order valence-electron chi connectivity index (χ4n) is 3.49. The van der Waals surface area contributed by atoms with Crippen molar-refractivity contribution in [2.75, 3.05) is 12.4 Å². The van der Waals surface area contributed by atoms with Crippen molar-refractivity contribution in [3.8, 4) is 11.1 Å². The number of rotatable bonds is 9. The second-order valence-corrected chi connectivity index (χ2v) is 7.84. The second kappa shape index (κ2) is 11.1. The molecular weight excluding hydrogens is 480 g/mol. The molecule has 2 aromatic rings. The molecule has 0 spiro atoms. The molecule has 1 amide bonds. The molecule has 0 fully saturated rings. The topological polar surface area (TPSA) is 75.6 Å². The van der Waals surface area contributed by atoms with E-state index in [1.807, 2.05) is 0 Å². The summed E-state index contributed by atoms with van der Waals surface area (Å²) < 4.78 is 83.8. The van der Waals surface area contributed by atoms with Crippen molar-refractivity contribution in [2.45, 2.75) is 57.0 Å². The SMILES string of the molecule is CCc1cc(C(O)(C(F)(F)F)C(F)(F)F)ccc1-c1ccc(NC(=O)CCCCC(=O)OC)cc1. The summed E-state index contributed by atoms with van der Waals surface area (Å²) in [5, 5.41) is 12.3. The van der Waals surface area contributed by atoms with Gasteiger partial charge in [0.15, 0.2) is 0 Å². The van der Waals surface area contributed by atoms with Crippen LogP contribution in [0.5, 0.6) is 0 Å². The molecule has 0 bridgehead atoms. The van der Waals surface area contributed by atoms with Gasteiger partial charge >= 0.3 is 18.3 Å². The van der Waals surface area contributed by atoms with Crippen molar-refractivity contribution in [2.24, 2.45) is 0 Å². The highest BCUT2D eigenvalue weighted by molar-refractivity contribution is 5.91. The molecule has 11 heteroatoms. The van der Waals surface area contributed by atoms with Crippen LogP contribution >= 0.6 is 0 Å². The van der Waals surface area contributed by atoms with E-state index in [2.05, 4.69) is 10.1 Å². The molecule has 0 atom stereocenters. The lowest BCUT2D eigenvalue weighted by atomic mass is 9.87. The van der Waals surface area contributed by atoms with Gasteiger partial charge in [-0.2, -0.15) is 26.3 Å². The quantitative estimate of drug-likeness (QED) is 0.253.